The fourth-order valence-electron chi connectivity index (χ4n) is 5.22. The summed E-state index contributed by atoms with van der Waals surface area (Å²) in [5.41, 5.74) is 0.226. The number of esters is 1. The average Bonchev–Trinajstić information content (AvgIpc) is 3.38. The molecule has 0 bridgehead atoms. The summed E-state index contributed by atoms with van der Waals surface area (Å²) in [6.45, 7) is 5.69. The maximum Gasteiger partial charge on any atom is 0.338 e. The van der Waals surface area contributed by atoms with E-state index in [0.717, 1.165) is 29.5 Å². The van der Waals surface area contributed by atoms with Crippen molar-refractivity contribution in [3.05, 3.63) is 117 Å². The van der Waals surface area contributed by atoms with E-state index in [1.807, 2.05) is 6.92 Å². The number of nitro benzene ring substituents is 2. The smallest absolute Gasteiger partial charge is 0.338 e. The lowest BCUT2D eigenvalue weighted by atomic mass is 9.95. The molecular weight excluding hydrogens is 660 g/mol. The van der Waals surface area contributed by atoms with Gasteiger partial charge in [0.2, 0.25) is 5.75 Å². The molecule has 0 fully saturated rings. The van der Waals surface area contributed by atoms with Gasteiger partial charge < -0.3 is 23.7 Å². The quantitative estimate of drug-likeness (QED) is 0.113. The molecule has 16 heteroatoms. The maximum atomic E-state index is 14.1. The largest absolute Gasteiger partial charge is 0.493 e. The molecule has 0 aliphatic carbocycles. The number of methoxy groups -OCH3 is 2. The number of hydrogen-bond acceptors (Lipinski definition) is 13. The predicted octanol–water partition coefficient (Wildman–Crippen LogP) is 4.82. The van der Waals surface area contributed by atoms with Crippen molar-refractivity contribution >= 4 is 34.8 Å². The van der Waals surface area contributed by atoms with Crippen LogP contribution in [0.25, 0.3) is 6.08 Å². The lowest BCUT2D eigenvalue weighted by molar-refractivity contribution is -0.394. The molecule has 4 aromatic rings. The van der Waals surface area contributed by atoms with E-state index < -0.39 is 38.8 Å². The van der Waals surface area contributed by atoms with Gasteiger partial charge in [-0.15, -0.1) is 0 Å². The second-order valence-electron chi connectivity index (χ2n) is 10.3. The predicted molar refractivity (Wildman–Crippen MR) is 177 cm³/mol. The van der Waals surface area contributed by atoms with E-state index in [9.17, 15) is 29.8 Å². The first-order chi connectivity index (χ1) is 23.5. The molecule has 254 valence electrons. The number of hydrogen-bond donors (Lipinski definition) is 0. The van der Waals surface area contributed by atoms with Crippen LogP contribution in [0.15, 0.2) is 75.7 Å². The van der Waals surface area contributed by atoms with Gasteiger partial charge in [-0.1, -0.05) is 23.5 Å². The minimum Gasteiger partial charge on any atom is -0.493 e. The molecule has 5 rings (SSSR count). The lowest BCUT2D eigenvalue weighted by Crippen LogP contribution is -2.40. The van der Waals surface area contributed by atoms with Crippen LogP contribution in [0.2, 0.25) is 0 Å². The minimum absolute atomic E-state index is 0.0948. The van der Waals surface area contributed by atoms with Crippen molar-refractivity contribution in [1.29, 1.82) is 0 Å². The van der Waals surface area contributed by atoms with Crippen LogP contribution in [0.3, 0.4) is 0 Å². The summed E-state index contributed by atoms with van der Waals surface area (Å²) >= 11 is 1.12. The number of non-ortho nitro benzene ring substituents is 1. The van der Waals surface area contributed by atoms with Gasteiger partial charge in [-0.3, -0.25) is 29.6 Å². The Morgan fingerprint density at radius 3 is 2.29 bits per heavy atom. The molecule has 0 radical (unpaired) electrons. The highest BCUT2D eigenvalue weighted by Crippen LogP contribution is 2.39. The highest BCUT2D eigenvalue weighted by molar-refractivity contribution is 7.07. The van der Waals surface area contributed by atoms with Gasteiger partial charge >= 0.3 is 11.7 Å². The van der Waals surface area contributed by atoms with Crippen molar-refractivity contribution < 1.29 is 38.3 Å². The van der Waals surface area contributed by atoms with E-state index in [4.69, 9.17) is 23.7 Å². The van der Waals surface area contributed by atoms with Crippen LogP contribution in [0.1, 0.15) is 37.9 Å². The molecule has 0 unspecified atom stereocenters. The van der Waals surface area contributed by atoms with Gasteiger partial charge in [0.05, 0.1) is 65.2 Å². The Labute approximate surface area is 282 Å². The standard InChI is InChI=1S/C33H30N4O11S/c1-6-46-27-16-20(9-12-24(27)44-4)30-29(32(39)47-7-2)18(3)34-33-35(30)31(38)28(49-33)15-19-8-11-25(26(14-19)45-5)48-23-13-10-21(36(40)41)17-22(23)37(42)43/h8-17,30H,6-7H2,1-5H3/b28-15-/t30-/m0/s1. The highest BCUT2D eigenvalue weighted by atomic mass is 32.1. The van der Waals surface area contributed by atoms with Gasteiger partial charge in [0.1, 0.15) is 0 Å². The van der Waals surface area contributed by atoms with E-state index in [2.05, 4.69) is 4.99 Å². The van der Waals surface area contributed by atoms with Crippen LogP contribution in [-0.2, 0) is 9.53 Å². The number of aromatic nitrogens is 1. The maximum absolute atomic E-state index is 14.1. The normalized spacial score (nSPS) is 14.1. The van der Waals surface area contributed by atoms with E-state index in [-0.39, 0.29) is 29.4 Å². The number of carbonyl (C=O) groups is 1. The molecule has 1 atom stereocenters. The van der Waals surface area contributed by atoms with Crippen molar-refractivity contribution in [2.45, 2.75) is 26.8 Å². The number of benzene rings is 3. The monoisotopic (exact) mass is 690 g/mol. The van der Waals surface area contributed by atoms with Crippen molar-refractivity contribution in [2.75, 3.05) is 27.4 Å². The van der Waals surface area contributed by atoms with Gasteiger partial charge in [-0.05, 0) is 68.3 Å². The molecule has 15 nitrogen and oxygen atoms in total. The molecule has 1 aromatic heterocycles. The summed E-state index contributed by atoms with van der Waals surface area (Å²) in [6.07, 6.45) is 1.62. The molecule has 1 aliphatic rings. The highest BCUT2D eigenvalue weighted by Gasteiger charge is 2.34. The van der Waals surface area contributed by atoms with E-state index in [0.29, 0.717) is 44.3 Å². The minimum atomic E-state index is -0.884. The third-order valence-electron chi connectivity index (χ3n) is 7.38. The second-order valence-corrected chi connectivity index (χ2v) is 11.3. The van der Waals surface area contributed by atoms with Crippen molar-refractivity contribution in [2.24, 2.45) is 4.99 Å². The summed E-state index contributed by atoms with van der Waals surface area (Å²) in [7, 11) is 2.89. The molecule has 1 aliphatic heterocycles. The first-order valence-corrected chi connectivity index (χ1v) is 15.6. The number of allylic oxidation sites excluding steroid dienone is 1. The summed E-state index contributed by atoms with van der Waals surface area (Å²) in [5.74, 6) is 0.364. The van der Waals surface area contributed by atoms with E-state index >= 15 is 0 Å². The van der Waals surface area contributed by atoms with Gasteiger partial charge in [0.25, 0.3) is 11.2 Å². The summed E-state index contributed by atoms with van der Waals surface area (Å²) in [6, 6.07) is 12.0. The zero-order valence-corrected chi connectivity index (χ0v) is 27.8. The molecule has 0 saturated heterocycles. The summed E-state index contributed by atoms with van der Waals surface area (Å²) in [5, 5.41) is 22.7. The molecule has 49 heavy (non-hydrogen) atoms. The topological polar surface area (TPSA) is 184 Å². The molecule has 3 aromatic carbocycles. The third-order valence-corrected chi connectivity index (χ3v) is 8.36. The number of nitrogens with zero attached hydrogens (tertiary/aromatic N) is 4. The van der Waals surface area contributed by atoms with E-state index in [1.54, 1.807) is 50.3 Å². The van der Waals surface area contributed by atoms with Crippen LogP contribution in [0.4, 0.5) is 11.4 Å². The Bertz CT molecular complexity index is 2190. The number of nitro groups is 2. The molecular formula is C33H30N4O11S. The summed E-state index contributed by atoms with van der Waals surface area (Å²) in [4.78, 5) is 53.5. The fourth-order valence-corrected chi connectivity index (χ4v) is 6.26. The fraction of sp³-hybridized carbons (Fsp3) is 0.242. The average molecular weight is 691 g/mol. The van der Waals surface area contributed by atoms with Crippen molar-refractivity contribution in [3.63, 3.8) is 0 Å². The Kier molecular flexibility index (Phi) is 10.1. The number of carbonyl (C=O) groups excluding carboxylic acids is 1. The zero-order valence-electron chi connectivity index (χ0n) is 27.0. The number of fused-ring (bicyclic) bond motifs is 1. The molecule has 0 amide bonds. The Morgan fingerprint density at radius 2 is 1.63 bits per heavy atom. The molecule has 0 spiro atoms. The molecule has 0 N–H and O–H groups in total. The van der Waals surface area contributed by atoms with Gasteiger partial charge in [-0.2, -0.15) is 0 Å². The van der Waals surface area contributed by atoms with Gasteiger partial charge in [0.15, 0.2) is 27.8 Å². The third kappa shape index (κ3) is 6.85. The van der Waals surface area contributed by atoms with Crippen LogP contribution in [-0.4, -0.2) is 47.8 Å². The van der Waals surface area contributed by atoms with Crippen LogP contribution in [0.5, 0.6) is 28.7 Å². The van der Waals surface area contributed by atoms with Crippen LogP contribution >= 0.6 is 11.3 Å². The number of ether oxygens (including phenoxy) is 5. The second kappa shape index (κ2) is 14.4. The Morgan fingerprint density at radius 1 is 0.918 bits per heavy atom. The number of thiazole rings is 1. The van der Waals surface area contributed by atoms with Crippen molar-refractivity contribution in [3.8, 4) is 28.7 Å². The first-order valence-electron chi connectivity index (χ1n) is 14.8. The van der Waals surface area contributed by atoms with E-state index in [1.165, 1.54) is 24.9 Å². The van der Waals surface area contributed by atoms with Crippen LogP contribution < -0.4 is 33.8 Å². The first kappa shape index (κ1) is 34.3. The van der Waals surface area contributed by atoms with Crippen molar-refractivity contribution in [1.82, 2.24) is 4.57 Å². The zero-order chi connectivity index (χ0) is 35.4. The molecule has 0 saturated carbocycles. The number of rotatable bonds is 12. The Balaban J connectivity index is 1.60. The van der Waals surface area contributed by atoms with Gasteiger partial charge in [0, 0.05) is 6.07 Å². The Hall–Kier alpha value is -6.03. The summed E-state index contributed by atoms with van der Waals surface area (Å²) < 4.78 is 29.5. The SMILES string of the molecule is CCOC(=O)C1=C(C)N=c2s/c(=C\c3ccc(Oc4ccc([N+](=O)[O-])cc4[N+](=O)[O-])c(OC)c3)c(=O)n2[C@H]1c1ccc(OC)c(OCC)c1. The lowest BCUT2D eigenvalue weighted by Gasteiger charge is -2.25. The van der Waals surface area contributed by atoms with Gasteiger partial charge in [-0.25, -0.2) is 9.79 Å². The molecule has 2 heterocycles. The van der Waals surface area contributed by atoms with Crippen LogP contribution in [0, 0.1) is 20.2 Å².